The summed E-state index contributed by atoms with van der Waals surface area (Å²) in [6, 6.07) is 0. The predicted molar refractivity (Wildman–Crippen MR) is 67.0 cm³/mol. The number of carboxylic acids is 1. The molecule has 0 saturated carbocycles. The first-order valence-electron chi connectivity index (χ1n) is 4.85. The van der Waals surface area contributed by atoms with Crippen LogP contribution in [0, 0.1) is 5.92 Å². The molecule has 0 radical (unpaired) electrons. The summed E-state index contributed by atoms with van der Waals surface area (Å²) in [5.41, 5.74) is 1.09. The van der Waals surface area contributed by atoms with Crippen molar-refractivity contribution in [2.45, 2.75) is 26.7 Å². The van der Waals surface area contributed by atoms with E-state index in [-0.39, 0.29) is 12.3 Å². The van der Waals surface area contributed by atoms with E-state index in [0.717, 1.165) is 16.5 Å². The quantitative estimate of drug-likeness (QED) is 0.745. The lowest BCUT2D eigenvalue weighted by atomic mass is 9.97. The zero-order valence-corrected chi connectivity index (χ0v) is 10.8. The summed E-state index contributed by atoms with van der Waals surface area (Å²) in [4.78, 5) is 10.5. The molecule has 2 nitrogen and oxygen atoms in total. The summed E-state index contributed by atoms with van der Waals surface area (Å²) in [5.74, 6) is -0.614. The summed E-state index contributed by atoms with van der Waals surface area (Å²) in [5, 5.41) is 8.64. The summed E-state index contributed by atoms with van der Waals surface area (Å²) < 4.78 is 0.804. The molecule has 0 fully saturated rings. The highest BCUT2D eigenvalue weighted by Crippen LogP contribution is 2.19. The van der Waals surface area contributed by atoms with Crippen molar-refractivity contribution in [1.29, 1.82) is 0 Å². The van der Waals surface area contributed by atoms with Crippen molar-refractivity contribution in [1.82, 2.24) is 0 Å². The fourth-order valence-electron chi connectivity index (χ4n) is 1.36. The lowest BCUT2D eigenvalue weighted by Crippen LogP contribution is -2.04. The van der Waals surface area contributed by atoms with E-state index in [1.807, 2.05) is 32.1 Å². The molecule has 0 aliphatic rings. The third kappa shape index (κ3) is 8.18. The van der Waals surface area contributed by atoms with Crippen molar-refractivity contribution < 1.29 is 9.90 Å². The number of rotatable bonds is 6. The summed E-state index contributed by atoms with van der Waals surface area (Å²) in [7, 11) is 0. The third-order valence-corrected chi connectivity index (χ3v) is 2.06. The van der Waals surface area contributed by atoms with E-state index in [9.17, 15) is 4.79 Å². The van der Waals surface area contributed by atoms with Crippen LogP contribution in [0.1, 0.15) is 26.7 Å². The van der Waals surface area contributed by atoms with Gasteiger partial charge in [-0.05, 0) is 30.9 Å². The number of carbonyl (C=O) groups is 1. The van der Waals surface area contributed by atoms with Crippen LogP contribution < -0.4 is 0 Å². The molecule has 0 rings (SSSR count). The Hall–Kier alpha value is -0.830. The minimum absolute atomic E-state index is 0.136. The second kappa shape index (κ2) is 7.46. The first-order valence-corrected chi connectivity index (χ1v) is 5.64. The monoisotopic (exact) mass is 272 g/mol. The van der Waals surface area contributed by atoms with E-state index in [2.05, 4.69) is 22.5 Å². The SMILES string of the molecule is C=C(Br)C=C(C=CC)CC(C)CC(=O)O. The lowest BCUT2D eigenvalue weighted by molar-refractivity contribution is -0.137. The highest BCUT2D eigenvalue weighted by molar-refractivity contribution is 9.11. The topological polar surface area (TPSA) is 37.3 Å². The number of allylic oxidation sites excluding steroid dienone is 5. The highest BCUT2D eigenvalue weighted by atomic mass is 79.9. The van der Waals surface area contributed by atoms with Crippen LogP contribution in [0.15, 0.2) is 34.9 Å². The maximum Gasteiger partial charge on any atom is 0.303 e. The zero-order valence-electron chi connectivity index (χ0n) is 9.16. The number of hydrogen-bond donors (Lipinski definition) is 1. The maximum absolute atomic E-state index is 10.5. The molecule has 1 N–H and O–H groups in total. The van der Waals surface area contributed by atoms with E-state index in [4.69, 9.17) is 5.11 Å². The van der Waals surface area contributed by atoms with Crippen LogP contribution in [0.2, 0.25) is 0 Å². The molecule has 0 aromatic heterocycles. The highest BCUT2D eigenvalue weighted by Gasteiger charge is 2.08. The van der Waals surface area contributed by atoms with Crippen molar-refractivity contribution in [2.24, 2.45) is 5.92 Å². The Morgan fingerprint density at radius 1 is 1.53 bits per heavy atom. The van der Waals surface area contributed by atoms with Crippen molar-refractivity contribution in [2.75, 3.05) is 0 Å². The van der Waals surface area contributed by atoms with Gasteiger partial charge >= 0.3 is 5.97 Å². The maximum atomic E-state index is 10.5. The van der Waals surface area contributed by atoms with Crippen LogP contribution in [0.3, 0.4) is 0 Å². The average molecular weight is 273 g/mol. The van der Waals surface area contributed by atoms with E-state index in [1.165, 1.54) is 0 Å². The van der Waals surface area contributed by atoms with Crippen LogP contribution in [-0.4, -0.2) is 11.1 Å². The van der Waals surface area contributed by atoms with Gasteiger partial charge in [0.25, 0.3) is 0 Å². The predicted octanol–water partition coefficient (Wildman–Crippen LogP) is 3.90. The molecule has 15 heavy (non-hydrogen) atoms. The molecule has 0 aromatic carbocycles. The Labute approximate surface area is 99.5 Å². The van der Waals surface area contributed by atoms with Gasteiger partial charge in [0.05, 0.1) is 0 Å². The normalized spacial score (nSPS) is 14.2. The van der Waals surface area contributed by atoms with Gasteiger partial charge in [0.15, 0.2) is 0 Å². The standard InChI is InChI=1S/C12H17BrO2/c1-4-5-11(8-10(3)13)6-9(2)7-12(14)15/h4-5,8-9H,3,6-7H2,1-2H3,(H,14,15). The van der Waals surface area contributed by atoms with Gasteiger partial charge in [0.1, 0.15) is 0 Å². The molecular weight excluding hydrogens is 256 g/mol. The summed E-state index contributed by atoms with van der Waals surface area (Å²) in [6.45, 7) is 7.61. The summed E-state index contributed by atoms with van der Waals surface area (Å²) in [6.07, 6.45) is 6.78. The third-order valence-electron chi connectivity index (χ3n) is 1.83. The molecule has 0 aliphatic carbocycles. The van der Waals surface area contributed by atoms with Gasteiger partial charge < -0.3 is 5.11 Å². The Kier molecular flexibility index (Phi) is 7.05. The van der Waals surface area contributed by atoms with Gasteiger partial charge in [0.2, 0.25) is 0 Å². The largest absolute Gasteiger partial charge is 0.481 e. The second-order valence-electron chi connectivity index (χ2n) is 3.57. The van der Waals surface area contributed by atoms with Crippen molar-refractivity contribution in [3.05, 3.63) is 34.9 Å². The van der Waals surface area contributed by atoms with Crippen molar-refractivity contribution in [3.8, 4) is 0 Å². The molecular formula is C12H17BrO2. The van der Waals surface area contributed by atoms with Crippen LogP contribution in [0.4, 0.5) is 0 Å². The molecule has 0 amide bonds. The van der Waals surface area contributed by atoms with E-state index < -0.39 is 5.97 Å². The molecule has 1 unspecified atom stereocenters. The molecule has 0 aromatic rings. The zero-order chi connectivity index (χ0) is 11.8. The summed E-state index contributed by atoms with van der Waals surface area (Å²) >= 11 is 3.26. The molecule has 1 atom stereocenters. The Morgan fingerprint density at radius 3 is 2.53 bits per heavy atom. The van der Waals surface area contributed by atoms with Crippen LogP contribution in [0.5, 0.6) is 0 Å². The van der Waals surface area contributed by atoms with Gasteiger partial charge in [-0.2, -0.15) is 0 Å². The first kappa shape index (κ1) is 14.2. The molecule has 3 heteroatoms. The van der Waals surface area contributed by atoms with Gasteiger partial charge in [-0.3, -0.25) is 4.79 Å². The van der Waals surface area contributed by atoms with Crippen LogP contribution in [-0.2, 0) is 4.79 Å². The van der Waals surface area contributed by atoms with Crippen molar-refractivity contribution >= 4 is 21.9 Å². The number of carboxylic acid groups (broad SMARTS) is 1. The smallest absolute Gasteiger partial charge is 0.303 e. The Bertz CT molecular complexity index is 290. The number of aliphatic carboxylic acids is 1. The van der Waals surface area contributed by atoms with Gasteiger partial charge in [-0.25, -0.2) is 0 Å². The first-order chi connectivity index (χ1) is 6.95. The minimum Gasteiger partial charge on any atom is -0.481 e. The minimum atomic E-state index is -0.750. The molecule has 84 valence electrons. The van der Waals surface area contributed by atoms with Crippen molar-refractivity contribution in [3.63, 3.8) is 0 Å². The molecule has 0 bridgehead atoms. The van der Waals surface area contributed by atoms with Gasteiger partial charge in [-0.15, -0.1) is 0 Å². The Morgan fingerprint density at radius 2 is 2.13 bits per heavy atom. The number of halogens is 1. The Balaban J connectivity index is 4.41. The molecule has 0 aliphatic heterocycles. The lowest BCUT2D eigenvalue weighted by Gasteiger charge is -2.09. The van der Waals surface area contributed by atoms with Crippen LogP contribution >= 0.6 is 15.9 Å². The van der Waals surface area contributed by atoms with E-state index >= 15 is 0 Å². The fourth-order valence-corrected chi connectivity index (χ4v) is 1.66. The van der Waals surface area contributed by atoms with E-state index in [1.54, 1.807) is 0 Å². The van der Waals surface area contributed by atoms with E-state index in [0.29, 0.717) is 0 Å². The second-order valence-corrected chi connectivity index (χ2v) is 4.59. The average Bonchev–Trinajstić information content (AvgIpc) is 2.00. The van der Waals surface area contributed by atoms with Gasteiger partial charge in [0, 0.05) is 10.9 Å². The van der Waals surface area contributed by atoms with Crippen LogP contribution in [0.25, 0.3) is 0 Å². The molecule has 0 saturated heterocycles. The number of hydrogen-bond acceptors (Lipinski definition) is 1. The molecule has 0 heterocycles. The van der Waals surface area contributed by atoms with Gasteiger partial charge in [-0.1, -0.05) is 41.6 Å². The molecule has 0 spiro atoms. The fraction of sp³-hybridized carbons (Fsp3) is 0.417.